The number of esters is 1. The lowest BCUT2D eigenvalue weighted by Crippen LogP contribution is -2.17. The number of amides is 1. The van der Waals surface area contributed by atoms with Crippen molar-refractivity contribution in [3.8, 4) is 11.5 Å². The normalized spacial score (nSPS) is 10.5. The molecule has 7 heteroatoms. The molecule has 0 aliphatic carbocycles. The van der Waals surface area contributed by atoms with E-state index < -0.39 is 11.9 Å². The molecule has 6 nitrogen and oxygen atoms in total. The molecule has 0 saturated carbocycles. The lowest BCUT2D eigenvalue weighted by molar-refractivity contribution is -0.131. The Balaban J connectivity index is 2.01. The number of carbonyl (C=O) groups is 2. The summed E-state index contributed by atoms with van der Waals surface area (Å²) < 4.78 is 10.9. The molecule has 0 saturated heterocycles. The van der Waals surface area contributed by atoms with Crippen LogP contribution in [0.3, 0.4) is 0 Å². The van der Waals surface area contributed by atoms with Gasteiger partial charge in [-0.1, -0.05) is 41.9 Å². The molecule has 1 aromatic heterocycles. The third-order valence-electron chi connectivity index (χ3n) is 3.61. The van der Waals surface area contributed by atoms with Gasteiger partial charge in [0, 0.05) is 17.7 Å². The molecular formula is C19H15ClN2O4. The van der Waals surface area contributed by atoms with Gasteiger partial charge in [-0.15, -0.1) is 0 Å². The van der Waals surface area contributed by atoms with Gasteiger partial charge in [-0.2, -0.15) is 0 Å². The number of hydrogen-bond donors (Lipinski definition) is 1. The van der Waals surface area contributed by atoms with Crippen LogP contribution >= 0.6 is 11.6 Å². The summed E-state index contributed by atoms with van der Waals surface area (Å²) in [4.78, 5) is 27.0. The molecule has 0 fully saturated rings. The van der Waals surface area contributed by atoms with E-state index in [1.807, 2.05) is 30.3 Å². The van der Waals surface area contributed by atoms with Crippen LogP contribution in [0.15, 0.2) is 48.5 Å². The molecule has 0 atom stereocenters. The number of primary amides is 1. The lowest BCUT2D eigenvalue weighted by Gasteiger charge is -2.12. The van der Waals surface area contributed by atoms with Crippen LogP contribution in [0.25, 0.3) is 10.8 Å². The first kappa shape index (κ1) is 17.7. The monoisotopic (exact) mass is 370 g/mol. The lowest BCUT2D eigenvalue weighted by atomic mass is 10.1. The minimum absolute atomic E-state index is 0.0148. The highest BCUT2D eigenvalue weighted by molar-refractivity contribution is 6.35. The summed E-state index contributed by atoms with van der Waals surface area (Å²) in [7, 11) is 0. The fourth-order valence-electron chi connectivity index (χ4n) is 2.47. The number of benzene rings is 2. The van der Waals surface area contributed by atoms with Crippen LogP contribution < -0.4 is 15.2 Å². The van der Waals surface area contributed by atoms with Gasteiger partial charge in [-0.05, 0) is 23.8 Å². The minimum atomic E-state index is -0.838. The molecule has 26 heavy (non-hydrogen) atoms. The van der Waals surface area contributed by atoms with Gasteiger partial charge in [-0.25, -0.2) is 4.98 Å². The number of carbonyl (C=O) groups excluding carboxylic acids is 2. The molecular weight excluding hydrogens is 356 g/mol. The molecule has 1 amide bonds. The van der Waals surface area contributed by atoms with Gasteiger partial charge in [0.25, 0.3) is 5.91 Å². The van der Waals surface area contributed by atoms with Gasteiger partial charge in [0.15, 0.2) is 11.4 Å². The van der Waals surface area contributed by atoms with Crippen molar-refractivity contribution < 1.29 is 19.1 Å². The maximum absolute atomic E-state index is 11.6. The van der Waals surface area contributed by atoms with Crippen molar-refractivity contribution in [3.63, 3.8) is 0 Å². The number of aromatic nitrogens is 1. The zero-order valence-electron chi connectivity index (χ0n) is 13.9. The van der Waals surface area contributed by atoms with E-state index in [-0.39, 0.29) is 16.6 Å². The summed E-state index contributed by atoms with van der Waals surface area (Å²) in [5.74, 6) is -0.888. The van der Waals surface area contributed by atoms with Crippen LogP contribution in [0, 0.1) is 0 Å². The maximum atomic E-state index is 11.6. The van der Waals surface area contributed by atoms with Crippen LogP contribution in [0.1, 0.15) is 23.0 Å². The standard InChI is InChI=1S/C19H15ClN2O4/c1-11(23)26-17-14-8-7-13(25-10-12-5-3-2-4-6-12)9-15(14)18(20)22-16(17)19(21)24/h2-9H,10H2,1H3,(H2,21,24). The summed E-state index contributed by atoms with van der Waals surface area (Å²) in [6.45, 7) is 1.61. The van der Waals surface area contributed by atoms with Crippen molar-refractivity contribution in [2.75, 3.05) is 0 Å². The van der Waals surface area contributed by atoms with Gasteiger partial charge >= 0.3 is 5.97 Å². The Morgan fingerprint density at radius 3 is 2.50 bits per heavy atom. The van der Waals surface area contributed by atoms with Crippen LogP contribution in [-0.2, 0) is 11.4 Å². The van der Waals surface area contributed by atoms with Crippen molar-refractivity contribution in [3.05, 3.63) is 64.9 Å². The van der Waals surface area contributed by atoms with Crippen molar-refractivity contribution in [1.82, 2.24) is 4.98 Å². The average Bonchev–Trinajstić information content (AvgIpc) is 2.62. The first-order valence-electron chi connectivity index (χ1n) is 7.74. The number of hydrogen-bond acceptors (Lipinski definition) is 5. The smallest absolute Gasteiger partial charge is 0.308 e. The Morgan fingerprint density at radius 1 is 1.12 bits per heavy atom. The second-order valence-electron chi connectivity index (χ2n) is 5.52. The third kappa shape index (κ3) is 3.75. The van der Waals surface area contributed by atoms with E-state index in [1.165, 1.54) is 6.92 Å². The fourth-order valence-corrected chi connectivity index (χ4v) is 2.71. The number of ether oxygens (including phenoxy) is 2. The van der Waals surface area contributed by atoms with Gasteiger partial charge in [0.1, 0.15) is 17.5 Å². The number of halogens is 1. The predicted octanol–water partition coefficient (Wildman–Crippen LogP) is 3.49. The SMILES string of the molecule is CC(=O)Oc1c(C(N)=O)nc(Cl)c2cc(OCc3ccccc3)ccc12. The Morgan fingerprint density at radius 2 is 1.85 bits per heavy atom. The molecule has 1 heterocycles. The molecule has 3 aromatic rings. The number of nitrogens with two attached hydrogens (primary N) is 1. The summed E-state index contributed by atoms with van der Waals surface area (Å²) >= 11 is 6.19. The van der Waals surface area contributed by atoms with E-state index in [9.17, 15) is 9.59 Å². The van der Waals surface area contributed by atoms with E-state index in [2.05, 4.69) is 4.98 Å². The summed E-state index contributed by atoms with van der Waals surface area (Å²) in [6.07, 6.45) is 0. The molecule has 0 bridgehead atoms. The zero-order chi connectivity index (χ0) is 18.7. The number of rotatable bonds is 5. The van der Waals surface area contributed by atoms with E-state index in [1.54, 1.807) is 18.2 Å². The Hall–Kier alpha value is -3.12. The van der Waals surface area contributed by atoms with Crippen LogP contribution in [0.4, 0.5) is 0 Å². The average molecular weight is 371 g/mol. The number of fused-ring (bicyclic) bond motifs is 1. The largest absolute Gasteiger partial charge is 0.489 e. The Labute approximate surface area is 154 Å². The number of nitrogens with zero attached hydrogens (tertiary/aromatic N) is 1. The van der Waals surface area contributed by atoms with E-state index in [0.29, 0.717) is 23.1 Å². The van der Waals surface area contributed by atoms with E-state index in [0.717, 1.165) is 5.56 Å². The van der Waals surface area contributed by atoms with Crippen molar-refractivity contribution in [2.24, 2.45) is 5.73 Å². The van der Waals surface area contributed by atoms with Crippen LogP contribution in [0.2, 0.25) is 5.15 Å². The molecule has 2 aromatic carbocycles. The Bertz CT molecular complexity index is 990. The highest BCUT2D eigenvalue weighted by Gasteiger charge is 2.20. The predicted molar refractivity (Wildman–Crippen MR) is 97.4 cm³/mol. The van der Waals surface area contributed by atoms with Crippen LogP contribution in [-0.4, -0.2) is 16.9 Å². The Kier molecular flexibility index (Phi) is 5.04. The first-order valence-corrected chi connectivity index (χ1v) is 8.11. The van der Waals surface area contributed by atoms with E-state index in [4.69, 9.17) is 26.8 Å². The van der Waals surface area contributed by atoms with Gasteiger partial charge in [0.05, 0.1) is 0 Å². The van der Waals surface area contributed by atoms with Gasteiger partial charge in [0.2, 0.25) is 0 Å². The second kappa shape index (κ2) is 7.41. The summed E-state index contributed by atoms with van der Waals surface area (Å²) in [6, 6.07) is 14.7. The molecule has 3 rings (SSSR count). The molecule has 0 spiro atoms. The van der Waals surface area contributed by atoms with Crippen LogP contribution in [0.5, 0.6) is 11.5 Å². The molecule has 0 aliphatic rings. The van der Waals surface area contributed by atoms with E-state index >= 15 is 0 Å². The minimum Gasteiger partial charge on any atom is -0.489 e. The second-order valence-corrected chi connectivity index (χ2v) is 5.88. The van der Waals surface area contributed by atoms with Gasteiger partial charge < -0.3 is 15.2 Å². The maximum Gasteiger partial charge on any atom is 0.308 e. The topological polar surface area (TPSA) is 91.5 Å². The van der Waals surface area contributed by atoms with Gasteiger partial charge in [-0.3, -0.25) is 9.59 Å². The highest BCUT2D eigenvalue weighted by atomic mass is 35.5. The molecule has 0 unspecified atom stereocenters. The van der Waals surface area contributed by atoms with Crippen molar-refractivity contribution in [2.45, 2.75) is 13.5 Å². The molecule has 132 valence electrons. The molecule has 2 N–H and O–H groups in total. The highest BCUT2D eigenvalue weighted by Crippen LogP contribution is 2.35. The summed E-state index contributed by atoms with van der Waals surface area (Å²) in [5.41, 5.74) is 6.13. The zero-order valence-corrected chi connectivity index (χ0v) is 14.6. The molecule has 0 radical (unpaired) electrons. The first-order chi connectivity index (χ1) is 12.5. The number of pyridine rings is 1. The fraction of sp³-hybridized carbons (Fsp3) is 0.105. The third-order valence-corrected chi connectivity index (χ3v) is 3.90. The van der Waals surface area contributed by atoms with Crippen molar-refractivity contribution in [1.29, 1.82) is 0 Å². The quantitative estimate of drug-likeness (QED) is 0.548. The molecule has 0 aliphatic heterocycles. The van der Waals surface area contributed by atoms with Crippen molar-refractivity contribution >= 4 is 34.2 Å². The summed E-state index contributed by atoms with van der Waals surface area (Å²) in [5, 5.41) is 0.995.